The van der Waals surface area contributed by atoms with Crippen molar-refractivity contribution in [3.8, 4) is 5.69 Å². The second-order valence-corrected chi connectivity index (χ2v) is 6.49. The lowest BCUT2D eigenvalue weighted by Gasteiger charge is -2.07. The van der Waals surface area contributed by atoms with Crippen LogP contribution in [0.3, 0.4) is 0 Å². The molecule has 0 saturated carbocycles. The predicted molar refractivity (Wildman–Crippen MR) is 101 cm³/mol. The van der Waals surface area contributed by atoms with Gasteiger partial charge in [0.15, 0.2) is 0 Å². The number of amides is 1. The molecule has 11 heteroatoms. The maximum atomic E-state index is 12.1. The van der Waals surface area contributed by atoms with Gasteiger partial charge in [0.2, 0.25) is 11.1 Å². The Morgan fingerprint density at radius 3 is 2.68 bits per heavy atom. The summed E-state index contributed by atoms with van der Waals surface area (Å²) in [6.07, 6.45) is 0. The first-order valence-corrected chi connectivity index (χ1v) is 8.99. The molecule has 0 atom stereocenters. The number of nitrogens with zero attached hydrogens (tertiary/aromatic N) is 5. The number of carbonyl (C=O) groups is 2. The summed E-state index contributed by atoms with van der Waals surface area (Å²) in [5, 5.41) is 26.3. The van der Waals surface area contributed by atoms with Crippen LogP contribution in [-0.4, -0.2) is 42.9 Å². The molecule has 0 saturated heterocycles. The first kappa shape index (κ1) is 19.2. The lowest BCUT2D eigenvalue weighted by Crippen LogP contribution is -2.24. The minimum Gasteiger partial charge on any atom is -0.478 e. The SMILES string of the molecule is O=Nc1ccc(-n2nnnc2SCC(=O)NCc2cccc(C(=O)O)c2)cc1. The molecule has 0 aliphatic carbocycles. The fraction of sp³-hybridized carbons (Fsp3) is 0.118. The summed E-state index contributed by atoms with van der Waals surface area (Å²) in [7, 11) is 0. The molecule has 0 aliphatic rings. The number of aromatic nitrogens is 4. The summed E-state index contributed by atoms with van der Waals surface area (Å²) in [5.74, 6) is -1.19. The summed E-state index contributed by atoms with van der Waals surface area (Å²) >= 11 is 1.15. The zero-order chi connectivity index (χ0) is 19.9. The van der Waals surface area contributed by atoms with Gasteiger partial charge < -0.3 is 10.4 Å². The van der Waals surface area contributed by atoms with E-state index in [0.29, 0.717) is 16.4 Å². The summed E-state index contributed by atoms with van der Waals surface area (Å²) in [5.41, 5.74) is 1.77. The van der Waals surface area contributed by atoms with Crippen molar-refractivity contribution >= 4 is 29.3 Å². The van der Waals surface area contributed by atoms with Crippen molar-refractivity contribution in [3.63, 3.8) is 0 Å². The number of benzene rings is 2. The maximum Gasteiger partial charge on any atom is 0.335 e. The highest BCUT2D eigenvalue weighted by Gasteiger charge is 2.12. The summed E-state index contributed by atoms with van der Waals surface area (Å²) in [6, 6.07) is 12.7. The normalized spacial score (nSPS) is 10.4. The number of rotatable bonds is 8. The predicted octanol–water partition coefficient (Wildman–Crippen LogP) is 2.17. The fourth-order valence-electron chi connectivity index (χ4n) is 2.28. The Morgan fingerprint density at radius 1 is 1.18 bits per heavy atom. The largest absolute Gasteiger partial charge is 0.478 e. The number of carboxylic acid groups (broad SMARTS) is 1. The molecule has 0 bridgehead atoms. The summed E-state index contributed by atoms with van der Waals surface area (Å²) < 4.78 is 1.45. The number of carboxylic acids is 1. The van der Waals surface area contributed by atoms with Gasteiger partial charge in [-0.2, -0.15) is 4.68 Å². The monoisotopic (exact) mass is 398 g/mol. The van der Waals surface area contributed by atoms with E-state index in [0.717, 1.165) is 11.8 Å². The number of thioether (sulfide) groups is 1. The number of nitroso groups, excluding NO2 is 1. The lowest BCUT2D eigenvalue weighted by molar-refractivity contribution is -0.118. The van der Waals surface area contributed by atoms with Crippen molar-refractivity contribution in [2.45, 2.75) is 11.7 Å². The van der Waals surface area contributed by atoms with Gasteiger partial charge in [-0.1, -0.05) is 23.9 Å². The Morgan fingerprint density at radius 2 is 1.96 bits per heavy atom. The third-order valence-corrected chi connectivity index (χ3v) is 4.56. The molecule has 142 valence electrons. The minimum atomic E-state index is -1.02. The van der Waals surface area contributed by atoms with Crippen molar-refractivity contribution in [1.29, 1.82) is 0 Å². The van der Waals surface area contributed by atoms with E-state index in [1.165, 1.54) is 28.9 Å². The van der Waals surface area contributed by atoms with Gasteiger partial charge >= 0.3 is 5.97 Å². The molecule has 0 radical (unpaired) electrons. The molecular weight excluding hydrogens is 384 g/mol. The van der Waals surface area contributed by atoms with Crippen LogP contribution in [0.5, 0.6) is 0 Å². The second kappa shape index (κ2) is 8.86. The van der Waals surface area contributed by atoms with Gasteiger partial charge in [-0.3, -0.25) is 4.79 Å². The van der Waals surface area contributed by atoms with E-state index in [1.807, 2.05) is 0 Å². The fourth-order valence-corrected chi connectivity index (χ4v) is 3.00. The highest BCUT2D eigenvalue weighted by Crippen LogP contribution is 2.20. The first-order valence-electron chi connectivity index (χ1n) is 8.01. The zero-order valence-corrected chi connectivity index (χ0v) is 15.2. The molecule has 28 heavy (non-hydrogen) atoms. The van der Waals surface area contributed by atoms with Crippen molar-refractivity contribution in [3.05, 3.63) is 64.6 Å². The number of hydrogen-bond donors (Lipinski definition) is 2. The molecule has 1 amide bonds. The number of hydrogen-bond acceptors (Lipinski definition) is 8. The second-order valence-electron chi connectivity index (χ2n) is 5.55. The Balaban J connectivity index is 1.56. The molecule has 0 aliphatic heterocycles. The molecule has 0 unspecified atom stereocenters. The van der Waals surface area contributed by atoms with Gasteiger partial charge in [0.25, 0.3) is 0 Å². The van der Waals surface area contributed by atoms with Crippen LogP contribution in [-0.2, 0) is 11.3 Å². The van der Waals surface area contributed by atoms with Crippen LogP contribution in [0.15, 0.2) is 58.9 Å². The van der Waals surface area contributed by atoms with Crippen molar-refractivity contribution in [2.75, 3.05) is 5.75 Å². The van der Waals surface area contributed by atoms with Crippen LogP contribution in [0.1, 0.15) is 15.9 Å². The molecule has 2 N–H and O–H groups in total. The Kier molecular flexibility index (Phi) is 6.07. The number of carbonyl (C=O) groups excluding carboxylic acids is 1. The highest BCUT2D eigenvalue weighted by atomic mass is 32.2. The molecule has 2 aromatic carbocycles. The zero-order valence-electron chi connectivity index (χ0n) is 14.3. The van der Waals surface area contributed by atoms with E-state index in [9.17, 15) is 14.5 Å². The van der Waals surface area contributed by atoms with Crippen molar-refractivity contribution in [1.82, 2.24) is 25.5 Å². The van der Waals surface area contributed by atoms with Gasteiger partial charge in [-0.05, 0) is 57.6 Å². The van der Waals surface area contributed by atoms with E-state index in [2.05, 4.69) is 26.0 Å². The standard InChI is InChI=1S/C17H14N6O4S/c24-15(18-9-11-2-1-3-12(8-11)16(25)26)10-28-17-19-21-22-23(17)14-6-4-13(20-27)5-7-14/h1-8H,9-10H2,(H,18,24)(H,25,26). The summed E-state index contributed by atoms with van der Waals surface area (Å²) in [6.45, 7) is 0.214. The molecule has 0 fully saturated rings. The van der Waals surface area contributed by atoms with Crippen LogP contribution < -0.4 is 5.32 Å². The molecule has 3 rings (SSSR count). The topological polar surface area (TPSA) is 139 Å². The molecular formula is C17H14N6O4S. The molecule has 1 heterocycles. The first-order chi connectivity index (χ1) is 13.6. The van der Waals surface area contributed by atoms with Gasteiger partial charge in [-0.25, -0.2) is 4.79 Å². The Labute approximate surface area is 162 Å². The van der Waals surface area contributed by atoms with E-state index in [-0.39, 0.29) is 29.5 Å². The van der Waals surface area contributed by atoms with E-state index >= 15 is 0 Å². The molecule has 0 spiro atoms. The van der Waals surface area contributed by atoms with Gasteiger partial charge in [0.1, 0.15) is 5.69 Å². The van der Waals surface area contributed by atoms with Crippen LogP contribution in [0, 0.1) is 4.91 Å². The maximum absolute atomic E-state index is 12.1. The molecule has 1 aromatic heterocycles. The van der Waals surface area contributed by atoms with Crippen molar-refractivity contribution in [2.24, 2.45) is 5.18 Å². The van der Waals surface area contributed by atoms with Crippen LogP contribution in [0.4, 0.5) is 5.69 Å². The van der Waals surface area contributed by atoms with E-state index in [1.54, 1.807) is 24.3 Å². The van der Waals surface area contributed by atoms with Crippen LogP contribution in [0.25, 0.3) is 5.69 Å². The van der Waals surface area contributed by atoms with E-state index < -0.39 is 5.97 Å². The average molecular weight is 398 g/mol. The molecule has 3 aromatic rings. The Hall–Kier alpha value is -3.60. The van der Waals surface area contributed by atoms with E-state index in [4.69, 9.17) is 5.11 Å². The van der Waals surface area contributed by atoms with Gasteiger partial charge in [-0.15, -0.1) is 10.0 Å². The van der Waals surface area contributed by atoms with Crippen LogP contribution >= 0.6 is 11.8 Å². The summed E-state index contributed by atoms with van der Waals surface area (Å²) in [4.78, 5) is 33.6. The Bertz CT molecular complexity index is 1000. The minimum absolute atomic E-state index is 0.0764. The van der Waals surface area contributed by atoms with Crippen LogP contribution in [0.2, 0.25) is 0 Å². The number of aromatic carboxylic acids is 1. The van der Waals surface area contributed by atoms with Gasteiger partial charge in [0, 0.05) is 6.54 Å². The third kappa shape index (κ3) is 4.76. The molecule has 10 nitrogen and oxygen atoms in total. The highest BCUT2D eigenvalue weighted by molar-refractivity contribution is 7.99. The quantitative estimate of drug-likeness (QED) is 0.435. The third-order valence-electron chi connectivity index (χ3n) is 3.64. The average Bonchev–Trinajstić information content (AvgIpc) is 3.19. The smallest absolute Gasteiger partial charge is 0.335 e. The number of tetrazole rings is 1. The lowest BCUT2D eigenvalue weighted by atomic mass is 10.1. The number of nitrogens with one attached hydrogen (secondary N) is 1. The van der Waals surface area contributed by atoms with Gasteiger partial charge in [0.05, 0.1) is 17.0 Å². The van der Waals surface area contributed by atoms with Crippen molar-refractivity contribution < 1.29 is 14.7 Å².